The molecule has 2 rings (SSSR count). The number of halogens is 1. The van der Waals surface area contributed by atoms with Crippen molar-refractivity contribution in [1.82, 2.24) is 10.3 Å². The summed E-state index contributed by atoms with van der Waals surface area (Å²) in [5.41, 5.74) is -0.779. The summed E-state index contributed by atoms with van der Waals surface area (Å²) in [4.78, 5) is 18.6. The number of amides is 1. The minimum atomic E-state index is -0.772. The molecule has 0 unspecified atom stereocenters. The highest BCUT2D eigenvalue weighted by Crippen LogP contribution is 2.20. The molecule has 1 aromatic rings. The summed E-state index contributed by atoms with van der Waals surface area (Å²) in [5.74, 6) is 6.80. The molecule has 1 aliphatic heterocycles. The molecule has 0 spiro atoms. The van der Waals surface area contributed by atoms with Gasteiger partial charge in [-0.15, -0.1) is 0 Å². The molecule has 2 heterocycles. The van der Waals surface area contributed by atoms with E-state index in [-0.39, 0.29) is 0 Å². The maximum absolute atomic E-state index is 11.9. The third kappa shape index (κ3) is 6.74. The number of hydrogen-bond acceptors (Lipinski definition) is 5. The second-order valence-electron chi connectivity index (χ2n) is 7.63. The van der Waals surface area contributed by atoms with E-state index in [1.54, 1.807) is 19.9 Å². The predicted octanol–water partition coefficient (Wildman–Crippen LogP) is 3.23. The number of alkyl carbamates (subject to hydrolysis) is 1. The topological polar surface area (TPSA) is 63.7 Å². The number of aromatic nitrogens is 1. The lowest BCUT2D eigenvalue weighted by Crippen LogP contribution is -2.44. The molecule has 0 saturated carbocycles. The van der Waals surface area contributed by atoms with E-state index in [4.69, 9.17) is 21.1 Å². The van der Waals surface area contributed by atoms with Gasteiger partial charge in [0.1, 0.15) is 17.1 Å². The van der Waals surface area contributed by atoms with E-state index >= 15 is 0 Å². The van der Waals surface area contributed by atoms with Crippen molar-refractivity contribution in [2.75, 3.05) is 31.2 Å². The highest BCUT2D eigenvalue weighted by molar-refractivity contribution is 6.30. The van der Waals surface area contributed by atoms with E-state index in [0.717, 1.165) is 18.9 Å². The molecule has 0 atom stereocenters. The van der Waals surface area contributed by atoms with Crippen LogP contribution in [0.15, 0.2) is 12.1 Å². The van der Waals surface area contributed by atoms with Crippen molar-refractivity contribution in [3.63, 3.8) is 0 Å². The van der Waals surface area contributed by atoms with Crippen molar-refractivity contribution < 1.29 is 14.3 Å². The van der Waals surface area contributed by atoms with Crippen molar-refractivity contribution in [1.29, 1.82) is 0 Å². The Hall–Kier alpha value is -1.97. The van der Waals surface area contributed by atoms with Crippen LogP contribution < -0.4 is 10.2 Å². The van der Waals surface area contributed by atoms with Gasteiger partial charge in [0.2, 0.25) is 0 Å². The number of nitrogens with zero attached hydrogens (tertiary/aromatic N) is 2. The number of morpholine rings is 1. The highest BCUT2D eigenvalue weighted by Gasteiger charge is 2.23. The van der Waals surface area contributed by atoms with Crippen molar-refractivity contribution in [3.05, 3.63) is 22.8 Å². The van der Waals surface area contributed by atoms with Gasteiger partial charge in [0.15, 0.2) is 0 Å². The lowest BCUT2D eigenvalue weighted by atomic mass is 10.1. The Balaban J connectivity index is 2.12. The van der Waals surface area contributed by atoms with Gasteiger partial charge in [0.25, 0.3) is 0 Å². The first-order valence-electron chi connectivity index (χ1n) is 8.59. The van der Waals surface area contributed by atoms with Gasteiger partial charge in [-0.25, -0.2) is 9.78 Å². The van der Waals surface area contributed by atoms with Crippen LogP contribution >= 0.6 is 11.6 Å². The number of anilines is 1. The van der Waals surface area contributed by atoms with E-state index in [2.05, 4.69) is 27.0 Å². The number of hydrogen-bond donors (Lipinski definition) is 1. The molecule has 1 fully saturated rings. The molecule has 26 heavy (non-hydrogen) atoms. The minimum absolute atomic E-state index is 0.509. The molecule has 0 aromatic carbocycles. The standard InChI is InChI=1S/C19H26ClN3O3/c1-18(2,3)26-17(24)22-19(4,5)7-6-15-12-14(20)13-16(21-15)23-8-10-25-11-9-23/h12-13H,8-11H2,1-5H3,(H,22,24). The van der Waals surface area contributed by atoms with Crippen LogP contribution in [0.3, 0.4) is 0 Å². The summed E-state index contributed by atoms with van der Waals surface area (Å²) in [6.45, 7) is 11.9. The van der Waals surface area contributed by atoms with Gasteiger partial charge in [-0.1, -0.05) is 17.5 Å². The second kappa shape index (κ2) is 8.15. The molecule has 1 N–H and O–H groups in total. The summed E-state index contributed by atoms with van der Waals surface area (Å²) < 4.78 is 10.6. The molecule has 1 aliphatic rings. The maximum Gasteiger partial charge on any atom is 0.408 e. The van der Waals surface area contributed by atoms with Crippen LogP contribution in [0.1, 0.15) is 40.3 Å². The quantitative estimate of drug-likeness (QED) is 0.799. The third-order valence-electron chi connectivity index (χ3n) is 3.43. The fourth-order valence-electron chi connectivity index (χ4n) is 2.31. The van der Waals surface area contributed by atoms with E-state index in [1.165, 1.54) is 0 Å². The van der Waals surface area contributed by atoms with Crippen molar-refractivity contribution in [2.24, 2.45) is 0 Å². The Kier molecular flexibility index (Phi) is 6.38. The predicted molar refractivity (Wildman–Crippen MR) is 103 cm³/mol. The molecule has 1 saturated heterocycles. The van der Waals surface area contributed by atoms with Crippen LogP contribution in [-0.4, -0.2) is 48.5 Å². The fourth-order valence-corrected chi connectivity index (χ4v) is 2.51. The van der Waals surface area contributed by atoms with Crippen LogP contribution in [0.25, 0.3) is 0 Å². The van der Waals surface area contributed by atoms with Crippen molar-refractivity contribution in [2.45, 2.75) is 45.8 Å². The smallest absolute Gasteiger partial charge is 0.408 e. The van der Waals surface area contributed by atoms with E-state index in [0.29, 0.717) is 23.9 Å². The summed E-state index contributed by atoms with van der Waals surface area (Å²) in [6.07, 6.45) is -0.509. The van der Waals surface area contributed by atoms with Crippen LogP contribution in [-0.2, 0) is 9.47 Å². The van der Waals surface area contributed by atoms with E-state index < -0.39 is 17.2 Å². The van der Waals surface area contributed by atoms with Gasteiger partial charge in [0.05, 0.1) is 18.8 Å². The van der Waals surface area contributed by atoms with Crippen LogP contribution in [0.2, 0.25) is 5.02 Å². The number of ether oxygens (including phenoxy) is 2. The zero-order valence-corrected chi connectivity index (χ0v) is 16.7. The third-order valence-corrected chi connectivity index (χ3v) is 3.65. The molecule has 0 radical (unpaired) electrons. The van der Waals surface area contributed by atoms with Crippen LogP contribution in [0, 0.1) is 11.8 Å². The zero-order chi connectivity index (χ0) is 19.4. The molecule has 6 nitrogen and oxygen atoms in total. The summed E-state index contributed by atoms with van der Waals surface area (Å²) >= 11 is 6.22. The molecular weight excluding hydrogens is 354 g/mol. The first kappa shape index (κ1) is 20.3. The molecule has 1 aromatic heterocycles. The Morgan fingerprint density at radius 2 is 1.92 bits per heavy atom. The Morgan fingerprint density at radius 3 is 2.54 bits per heavy atom. The Labute approximate surface area is 160 Å². The molecule has 0 bridgehead atoms. The fraction of sp³-hybridized carbons (Fsp3) is 0.579. The maximum atomic E-state index is 11.9. The number of carbonyl (C=O) groups is 1. The SMILES string of the molecule is CC(C)(C#Cc1cc(Cl)cc(N2CCOCC2)n1)NC(=O)OC(C)(C)C. The van der Waals surface area contributed by atoms with Gasteiger partial charge in [0, 0.05) is 18.1 Å². The average molecular weight is 380 g/mol. The zero-order valence-electron chi connectivity index (χ0n) is 16.0. The van der Waals surface area contributed by atoms with Gasteiger partial charge in [-0.3, -0.25) is 0 Å². The van der Waals surface area contributed by atoms with Gasteiger partial charge >= 0.3 is 6.09 Å². The molecule has 7 heteroatoms. The monoisotopic (exact) mass is 379 g/mol. The number of pyridine rings is 1. The lowest BCUT2D eigenvalue weighted by molar-refractivity contribution is 0.0494. The normalized spacial score (nSPS) is 15.1. The number of rotatable bonds is 2. The van der Waals surface area contributed by atoms with Crippen molar-refractivity contribution >= 4 is 23.5 Å². The summed E-state index contributed by atoms with van der Waals surface area (Å²) in [6, 6.07) is 3.53. The first-order valence-corrected chi connectivity index (χ1v) is 8.96. The molecule has 0 aliphatic carbocycles. The van der Waals surface area contributed by atoms with Crippen LogP contribution in [0.4, 0.5) is 10.6 Å². The largest absolute Gasteiger partial charge is 0.444 e. The number of nitrogens with one attached hydrogen (secondary N) is 1. The van der Waals surface area contributed by atoms with Crippen LogP contribution in [0.5, 0.6) is 0 Å². The average Bonchev–Trinajstić information content (AvgIpc) is 2.51. The van der Waals surface area contributed by atoms with E-state index in [1.807, 2.05) is 26.8 Å². The molecular formula is C19H26ClN3O3. The number of carbonyl (C=O) groups excluding carboxylic acids is 1. The lowest BCUT2D eigenvalue weighted by Gasteiger charge is -2.28. The summed E-state index contributed by atoms with van der Waals surface area (Å²) in [7, 11) is 0. The Bertz CT molecular complexity index is 711. The van der Waals surface area contributed by atoms with Crippen molar-refractivity contribution in [3.8, 4) is 11.8 Å². The van der Waals surface area contributed by atoms with Gasteiger partial charge in [-0.2, -0.15) is 0 Å². The summed E-state index contributed by atoms with van der Waals surface area (Å²) in [5, 5.41) is 3.33. The van der Waals surface area contributed by atoms with Gasteiger partial charge in [-0.05, 0) is 52.7 Å². The molecule has 1 amide bonds. The highest BCUT2D eigenvalue weighted by atomic mass is 35.5. The Morgan fingerprint density at radius 1 is 1.27 bits per heavy atom. The van der Waals surface area contributed by atoms with E-state index in [9.17, 15) is 4.79 Å². The van der Waals surface area contributed by atoms with Gasteiger partial charge < -0.3 is 19.7 Å². The second-order valence-corrected chi connectivity index (χ2v) is 8.07. The molecule has 142 valence electrons. The minimum Gasteiger partial charge on any atom is -0.444 e. The first-order chi connectivity index (χ1) is 12.0.